The van der Waals surface area contributed by atoms with Crippen molar-refractivity contribution in [2.24, 2.45) is 5.92 Å². The Morgan fingerprint density at radius 2 is 0.980 bits per heavy atom. The monoisotopic (exact) mass is 696 g/mol. The first kappa shape index (κ1) is 46.2. The lowest BCUT2D eigenvalue weighted by atomic mass is 9.90. The van der Waals surface area contributed by atoms with Gasteiger partial charge in [0, 0.05) is 39.0 Å². The molecule has 0 rings (SSSR count). The van der Waals surface area contributed by atoms with Gasteiger partial charge < -0.3 is 9.47 Å². The highest BCUT2D eigenvalue weighted by atomic mass is 17.2. The average Bonchev–Trinajstić information content (AvgIpc) is 3.07. The van der Waals surface area contributed by atoms with Gasteiger partial charge in [0.1, 0.15) is 11.7 Å². The summed E-state index contributed by atoms with van der Waals surface area (Å²) in [4.78, 5) is 86.2. The number of ether oxygens (including phenoxy) is 2. The van der Waals surface area contributed by atoms with Crippen LogP contribution in [0.2, 0.25) is 0 Å². The highest BCUT2D eigenvalue weighted by Gasteiger charge is 2.46. The van der Waals surface area contributed by atoms with E-state index in [1.54, 1.807) is 13.8 Å². The second-order valence-corrected chi connectivity index (χ2v) is 13.3. The summed E-state index contributed by atoms with van der Waals surface area (Å²) in [6.07, 6.45) is 19.8. The molecule has 0 spiro atoms. The SMILES string of the molecule is CCCCCCCCCCCCC(=O)C(CCC(C(=O)CCCCCCCCCCC)C(=O)OOC(=O)CCC)(OC(C)=O)OC(=O)CC. The molecule has 0 amide bonds. The number of esters is 2. The number of carbonyl (C=O) groups excluding carboxylic acids is 6. The zero-order valence-corrected chi connectivity index (χ0v) is 31.5. The molecule has 0 bridgehead atoms. The lowest BCUT2D eigenvalue weighted by Crippen LogP contribution is -2.48. The van der Waals surface area contributed by atoms with Gasteiger partial charge in [0.2, 0.25) is 5.78 Å². The van der Waals surface area contributed by atoms with Crippen LogP contribution >= 0.6 is 0 Å². The Labute approximate surface area is 296 Å². The van der Waals surface area contributed by atoms with Gasteiger partial charge in [-0.3, -0.25) is 19.2 Å². The van der Waals surface area contributed by atoms with E-state index in [4.69, 9.17) is 14.4 Å². The zero-order chi connectivity index (χ0) is 36.8. The van der Waals surface area contributed by atoms with Crippen LogP contribution in [0.15, 0.2) is 0 Å². The Hall–Kier alpha value is -2.78. The van der Waals surface area contributed by atoms with E-state index in [9.17, 15) is 28.8 Å². The van der Waals surface area contributed by atoms with Crippen LogP contribution in [0.4, 0.5) is 0 Å². The first-order chi connectivity index (χ1) is 23.6. The zero-order valence-electron chi connectivity index (χ0n) is 31.5. The first-order valence-electron chi connectivity index (χ1n) is 19.4. The Kier molecular flexibility index (Phi) is 28.4. The van der Waals surface area contributed by atoms with Gasteiger partial charge in [-0.1, -0.05) is 137 Å². The summed E-state index contributed by atoms with van der Waals surface area (Å²) in [6.45, 7) is 8.79. The van der Waals surface area contributed by atoms with Crippen LogP contribution in [0, 0.1) is 5.92 Å². The number of unbranched alkanes of at least 4 members (excludes halogenated alkanes) is 17. The maximum Gasteiger partial charge on any atom is 0.365 e. The van der Waals surface area contributed by atoms with E-state index in [0.717, 1.165) is 58.3 Å². The van der Waals surface area contributed by atoms with Gasteiger partial charge in [0.05, 0.1) is 0 Å². The molecule has 0 heterocycles. The molecular formula is C39H68O10. The molecule has 2 unspecified atom stereocenters. The Morgan fingerprint density at radius 1 is 0.510 bits per heavy atom. The molecule has 10 nitrogen and oxygen atoms in total. The van der Waals surface area contributed by atoms with Gasteiger partial charge in [-0.15, -0.1) is 0 Å². The summed E-state index contributed by atoms with van der Waals surface area (Å²) >= 11 is 0. The van der Waals surface area contributed by atoms with Crippen LogP contribution < -0.4 is 0 Å². The highest BCUT2D eigenvalue weighted by Crippen LogP contribution is 2.29. The van der Waals surface area contributed by atoms with Gasteiger partial charge in [-0.2, -0.15) is 0 Å². The summed E-state index contributed by atoms with van der Waals surface area (Å²) in [5.74, 6) is -8.17. The van der Waals surface area contributed by atoms with Crippen LogP contribution in [0.5, 0.6) is 0 Å². The minimum absolute atomic E-state index is 0.00307. The summed E-state index contributed by atoms with van der Waals surface area (Å²) in [7, 11) is 0. The van der Waals surface area contributed by atoms with Crippen molar-refractivity contribution >= 4 is 35.4 Å². The fraction of sp³-hybridized carbons (Fsp3) is 0.846. The number of rotatable bonds is 32. The Balaban J connectivity index is 5.58. The molecule has 0 saturated heterocycles. The average molecular weight is 697 g/mol. The number of Topliss-reactive ketones (excluding diaryl/α,β-unsaturated/α-hetero) is 2. The summed E-state index contributed by atoms with van der Waals surface area (Å²) in [5, 5.41) is 0. The van der Waals surface area contributed by atoms with E-state index in [1.807, 2.05) is 0 Å². The standard InChI is InChI=1S/C39H68O10/c1-6-10-12-14-16-18-20-22-24-26-29-35(42)39(46-32(5)40,47-36(43)9-4)31-30-33(38(45)49-48-37(44)27-8-3)34(41)28-25-23-21-19-17-15-13-11-7-2/h33H,6-31H2,1-5H3. The van der Waals surface area contributed by atoms with Crippen molar-refractivity contribution in [3.8, 4) is 0 Å². The molecule has 0 aromatic rings. The summed E-state index contributed by atoms with van der Waals surface area (Å²) in [5.41, 5.74) is 0. The van der Waals surface area contributed by atoms with Gasteiger partial charge >= 0.3 is 29.7 Å². The molecule has 0 radical (unpaired) electrons. The largest absolute Gasteiger partial charge is 0.415 e. The molecule has 0 aliphatic heterocycles. The fourth-order valence-electron chi connectivity index (χ4n) is 5.75. The fourth-order valence-corrected chi connectivity index (χ4v) is 5.75. The Morgan fingerprint density at radius 3 is 1.43 bits per heavy atom. The number of ketones is 2. The summed E-state index contributed by atoms with van der Waals surface area (Å²) < 4.78 is 11.0. The first-order valence-corrected chi connectivity index (χ1v) is 19.4. The van der Waals surface area contributed by atoms with Crippen molar-refractivity contribution < 1.29 is 48.0 Å². The molecular weight excluding hydrogens is 628 g/mol. The van der Waals surface area contributed by atoms with E-state index in [-0.39, 0.29) is 32.1 Å². The second kappa shape index (κ2) is 30.1. The molecule has 0 aliphatic carbocycles. The molecule has 2 atom stereocenters. The molecule has 0 fully saturated rings. The van der Waals surface area contributed by atoms with Crippen molar-refractivity contribution in [3.05, 3.63) is 0 Å². The molecule has 0 saturated carbocycles. The predicted octanol–water partition coefficient (Wildman–Crippen LogP) is 9.77. The molecule has 49 heavy (non-hydrogen) atoms. The van der Waals surface area contributed by atoms with E-state index in [0.29, 0.717) is 19.3 Å². The molecule has 0 aromatic carbocycles. The topological polar surface area (TPSA) is 139 Å². The smallest absolute Gasteiger partial charge is 0.365 e. The van der Waals surface area contributed by atoms with Gasteiger partial charge in [0.15, 0.2) is 0 Å². The molecule has 284 valence electrons. The molecule has 0 N–H and O–H groups in total. The van der Waals surface area contributed by atoms with Crippen molar-refractivity contribution in [1.82, 2.24) is 0 Å². The van der Waals surface area contributed by atoms with Crippen LogP contribution in [0.1, 0.15) is 202 Å². The minimum atomic E-state index is -2.28. The van der Waals surface area contributed by atoms with Crippen molar-refractivity contribution in [3.63, 3.8) is 0 Å². The molecule has 0 aliphatic rings. The number of hydrogen-bond acceptors (Lipinski definition) is 10. The number of hydrogen-bond donors (Lipinski definition) is 0. The second-order valence-electron chi connectivity index (χ2n) is 13.3. The van der Waals surface area contributed by atoms with E-state index < -0.39 is 53.6 Å². The lowest BCUT2D eigenvalue weighted by Gasteiger charge is -2.32. The molecule has 0 aromatic heterocycles. The van der Waals surface area contributed by atoms with E-state index in [1.165, 1.54) is 57.8 Å². The van der Waals surface area contributed by atoms with Gasteiger partial charge in [0.25, 0.3) is 0 Å². The lowest BCUT2D eigenvalue weighted by molar-refractivity contribution is -0.262. The third kappa shape index (κ3) is 23.3. The Bertz CT molecular complexity index is 946. The van der Waals surface area contributed by atoms with Gasteiger partial charge in [-0.25, -0.2) is 19.4 Å². The minimum Gasteiger partial charge on any atom is -0.415 e. The third-order valence-electron chi connectivity index (χ3n) is 8.69. The van der Waals surface area contributed by atoms with E-state index >= 15 is 0 Å². The predicted molar refractivity (Wildman–Crippen MR) is 189 cm³/mol. The molecule has 10 heteroatoms. The quantitative estimate of drug-likeness (QED) is 0.0167. The van der Waals surface area contributed by atoms with Crippen LogP contribution in [0.25, 0.3) is 0 Å². The van der Waals surface area contributed by atoms with Crippen LogP contribution in [-0.2, 0) is 48.0 Å². The van der Waals surface area contributed by atoms with Gasteiger partial charge in [-0.05, 0) is 25.7 Å². The normalized spacial score (nSPS) is 12.8. The van der Waals surface area contributed by atoms with Crippen LogP contribution in [-0.4, -0.2) is 41.2 Å². The maximum absolute atomic E-state index is 13.7. The summed E-state index contributed by atoms with van der Waals surface area (Å²) in [6, 6.07) is 0. The van der Waals surface area contributed by atoms with Crippen LogP contribution in [0.3, 0.4) is 0 Å². The third-order valence-corrected chi connectivity index (χ3v) is 8.69. The van der Waals surface area contributed by atoms with Crippen molar-refractivity contribution in [1.29, 1.82) is 0 Å². The van der Waals surface area contributed by atoms with Crippen molar-refractivity contribution in [2.75, 3.05) is 0 Å². The highest BCUT2D eigenvalue weighted by molar-refractivity contribution is 5.99. The number of carbonyl (C=O) groups is 6. The van der Waals surface area contributed by atoms with Crippen molar-refractivity contribution in [2.45, 2.75) is 207 Å². The maximum atomic E-state index is 13.7. The van der Waals surface area contributed by atoms with E-state index in [2.05, 4.69) is 18.7 Å².